The van der Waals surface area contributed by atoms with Gasteiger partial charge in [-0.2, -0.15) is 0 Å². The van der Waals surface area contributed by atoms with E-state index >= 15 is 0 Å². The maximum atomic E-state index is 2.54. The zero-order chi connectivity index (χ0) is 34.8. The van der Waals surface area contributed by atoms with Crippen molar-refractivity contribution in [3.63, 3.8) is 0 Å². The number of hydrogen-bond acceptors (Lipinski definition) is 0. The Kier molecular flexibility index (Phi) is 11.8. The van der Waals surface area contributed by atoms with E-state index in [9.17, 15) is 0 Å². The summed E-state index contributed by atoms with van der Waals surface area (Å²) in [4.78, 5) is 0. The van der Waals surface area contributed by atoms with E-state index in [2.05, 4.69) is 186 Å². The fourth-order valence-corrected chi connectivity index (χ4v) is 16.4. The SMILES string of the molecule is CC(C)(C)c1ccc([C](c2ccc(C(C)(C)C)cc2)=[Zr]([C]2=CC=CC2)[CH]2c3ccc(C(C)(C)C)cc3-c3cc(C(C)(C)C)ccc32)cc1.Cl.Cl. The minimum atomic E-state index is -2.76. The third kappa shape index (κ3) is 8.02. The molecule has 264 valence electrons. The Hall–Kier alpha value is -2.31. The maximum Gasteiger partial charge on any atom is -0.147 e. The molecule has 0 atom stereocenters. The number of benzene rings is 4. The topological polar surface area (TPSA) is 0 Å². The summed E-state index contributed by atoms with van der Waals surface area (Å²) in [5.74, 6) is 0. The van der Waals surface area contributed by atoms with Crippen LogP contribution in [-0.2, 0) is 42.9 Å². The molecule has 0 heterocycles. The molecular weight excluding hydrogens is 727 g/mol. The number of allylic oxidation sites excluding steroid dienone is 4. The van der Waals surface area contributed by atoms with Crippen molar-refractivity contribution >= 4 is 28.0 Å². The Morgan fingerprint density at radius 1 is 0.500 bits per heavy atom. The third-order valence-corrected chi connectivity index (χ3v) is 18.8. The van der Waals surface area contributed by atoms with Crippen LogP contribution in [0.2, 0.25) is 0 Å². The van der Waals surface area contributed by atoms with Gasteiger partial charge < -0.3 is 0 Å². The monoisotopic (exact) mass is 782 g/mol. The molecule has 0 radical (unpaired) electrons. The Balaban J connectivity index is 0.00000281. The maximum absolute atomic E-state index is 2.76. The fraction of sp³-hybridized carbons (Fsp3) is 0.383. The van der Waals surface area contributed by atoms with Crippen molar-refractivity contribution in [3.8, 4) is 11.1 Å². The molecule has 0 nitrogen and oxygen atoms in total. The summed E-state index contributed by atoms with van der Waals surface area (Å²) >= 11 is -2.76. The summed E-state index contributed by atoms with van der Waals surface area (Å²) in [6.07, 6.45) is 8.27. The molecule has 4 aromatic rings. The molecular formula is C47H58Cl2Zr. The zero-order valence-electron chi connectivity index (χ0n) is 32.4. The average molecular weight is 785 g/mol. The molecule has 0 fully saturated rings. The van der Waals surface area contributed by atoms with Gasteiger partial charge in [-0.1, -0.05) is 0 Å². The van der Waals surface area contributed by atoms with Gasteiger partial charge in [0.25, 0.3) is 0 Å². The van der Waals surface area contributed by atoms with Gasteiger partial charge in [0.2, 0.25) is 0 Å². The van der Waals surface area contributed by atoms with E-state index < -0.39 is 21.3 Å². The van der Waals surface area contributed by atoms with Gasteiger partial charge in [0, 0.05) is 0 Å². The van der Waals surface area contributed by atoms with Crippen molar-refractivity contribution in [2.45, 2.75) is 115 Å². The molecule has 2 aliphatic carbocycles. The summed E-state index contributed by atoms with van der Waals surface area (Å²) in [7, 11) is 0. The van der Waals surface area contributed by atoms with Crippen molar-refractivity contribution < 1.29 is 21.3 Å². The predicted octanol–water partition coefficient (Wildman–Crippen LogP) is 13.5. The second-order valence-electron chi connectivity index (χ2n) is 18.3. The molecule has 4 aromatic carbocycles. The fourth-order valence-electron chi connectivity index (χ4n) is 7.38. The standard InChI is InChI=1S/C21H25.C21H26.C5H5.2ClH.Zr/c1-20(2,3)16-9-7-14-11-15-8-10-17(21(4,5)6)13-19(15)18(14)12-16;1-20(2,3)18-11-7-16(8-12-18)15-17-9-13-19(14-10-17)21(4,5)6;1-2-4-5-3-1;;;/h7-13H,1-6H3;7-14H,1-6H3;1-3H,4H2;2*1H;. The molecule has 0 amide bonds. The first-order valence-electron chi connectivity index (χ1n) is 18.0. The third-order valence-electron chi connectivity index (χ3n) is 10.5. The van der Waals surface area contributed by atoms with Crippen LogP contribution in [0.3, 0.4) is 0 Å². The van der Waals surface area contributed by atoms with E-state index in [1.165, 1.54) is 44.5 Å². The van der Waals surface area contributed by atoms with Crippen molar-refractivity contribution in [2.75, 3.05) is 0 Å². The van der Waals surface area contributed by atoms with Gasteiger partial charge in [0.1, 0.15) is 0 Å². The largest absolute Gasteiger partial charge is 0.147 e. The molecule has 0 N–H and O–H groups in total. The second kappa shape index (κ2) is 14.6. The molecule has 0 aliphatic heterocycles. The van der Waals surface area contributed by atoms with Crippen molar-refractivity contribution in [1.29, 1.82) is 0 Å². The van der Waals surface area contributed by atoms with Crippen LogP contribution in [0.5, 0.6) is 0 Å². The number of rotatable bonds is 4. The van der Waals surface area contributed by atoms with E-state index in [4.69, 9.17) is 0 Å². The first-order valence-corrected chi connectivity index (χ1v) is 21.8. The molecule has 0 aromatic heterocycles. The van der Waals surface area contributed by atoms with Crippen LogP contribution in [-0.4, -0.2) is 3.21 Å². The zero-order valence-corrected chi connectivity index (χ0v) is 36.5. The van der Waals surface area contributed by atoms with Gasteiger partial charge in [-0.25, -0.2) is 0 Å². The first kappa shape index (κ1) is 40.5. The van der Waals surface area contributed by atoms with Crippen LogP contribution in [0, 0.1) is 0 Å². The van der Waals surface area contributed by atoms with E-state index in [-0.39, 0.29) is 46.5 Å². The van der Waals surface area contributed by atoms with Crippen LogP contribution in [0.1, 0.15) is 138 Å². The van der Waals surface area contributed by atoms with Crippen LogP contribution in [0.15, 0.2) is 106 Å². The Morgan fingerprint density at radius 2 is 0.860 bits per heavy atom. The molecule has 0 bridgehead atoms. The van der Waals surface area contributed by atoms with Gasteiger partial charge >= 0.3 is 301 Å². The van der Waals surface area contributed by atoms with Gasteiger partial charge in [0.15, 0.2) is 0 Å². The predicted molar refractivity (Wildman–Crippen MR) is 221 cm³/mol. The molecule has 2 aliphatic rings. The van der Waals surface area contributed by atoms with Crippen molar-refractivity contribution in [2.24, 2.45) is 0 Å². The molecule has 0 unspecified atom stereocenters. The summed E-state index contributed by atoms with van der Waals surface area (Å²) in [6, 6.07) is 34.3. The van der Waals surface area contributed by atoms with E-state index in [0.29, 0.717) is 3.63 Å². The van der Waals surface area contributed by atoms with Crippen LogP contribution >= 0.6 is 24.8 Å². The van der Waals surface area contributed by atoms with Gasteiger partial charge in [-0.15, -0.1) is 24.8 Å². The minimum Gasteiger partial charge on any atom is -0.147 e. The Labute approximate surface area is 323 Å². The smallest absolute Gasteiger partial charge is 0.147 e. The van der Waals surface area contributed by atoms with Gasteiger partial charge in [-0.3, -0.25) is 0 Å². The molecule has 3 heteroatoms. The van der Waals surface area contributed by atoms with Gasteiger partial charge in [0.05, 0.1) is 0 Å². The van der Waals surface area contributed by atoms with E-state index in [1.54, 1.807) is 17.6 Å². The Morgan fingerprint density at radius 3 is 1.18 bits per heavy atom. The molecule has 50 heavy (non-hydrogen) atoms. The molecule has 0 spiro atoms. The molecule has 0 saturated heterocycles. The average Bonchev–Trinajstić information content (AvgIpc) is 3.65. The van der Waals surface area contributed by atoms with Gasteiger partial charge in [-0.05, 0) is 0 Å². The quantitative estimate of drug-likeness (QED) is 0.193. The van der Waals surface area contributed by atoms with Crippen LogP contribution < -0.4 is 0 Å². The minimum absolute atomic E-state index is 0. The summed E-state index contributed by atoms with van der Waals surface area (Å²) in [5, 5.41) is 0. The second-order valence-corrected chi connectivity index (χ2v) is 24.6. The normalized spacial score (nSPS) is 14.4. The molecule has 6 rings (SSSR count). The van der Waals surface area contributed by atoms with Crippen LogP contribution in [0.25, 0.3) is 11.1 Å². The molecule has 0 saturated carbocycles. The van der Waals surface area contributed by atoms with Crippen LogP contribution in [0.4, 0.5) is 0 Å². The number of hydrogen-bond donors (Lipinski definition) is 0. The van der Waals surface area contributed by atoms with Crippen molar-refractivity contribution in [3.05, 3.63) is 151 Å². The summed E-state index contributed by atoms with van der Waals surface area (Å²) < 4.78 is 3.72. The summed E-state index contributed by atoms with van der Waals surface area (Å²) in [5.41, 5.74) is 14.9. The van der Waals surface area contributed by atoms with E-state index in [0.717, 1.165) is 6.42 Å². The summed E-state index contributed by atoms with van der Waals surface area (Å²) in [6.45, 7) is 28.0. The van der Waals surface area contributed by atoms with Crippen molar-refractivity contribution in [1.82, 2.24) is 0 Å². The number of halogens is 2. The number of fused-ring (bicyclic) bond motifs is 3. The Bertz CT molecular complexity index is 1820. The first-order chi connectivity index (χ1) is 22.3. The van der Waals surface area contributed by atoms with E-state index in [1.807, 2.05) is 0 Å².